The van der Waals surface area contributed by atoms with Gasteiger partial charge in [-0.3, -0.25) is 9.47 Å². The lowest BCUT2D eigenvalue weighted by Gasteiger charge is -2.28. The van der Waals surface area contributed by atoms with Gasteiger partial charge in [-0.25, -0.2) is 0 Å². The van der Waals surface area contributed by atoms with Crippen LogP contribution in [0, 0.1) is 0 Å². The average molecular weight is 164 g/mol. The van der Waals surface area contributed by atoms with Crippen LogP contribution in [-0.2, 0) is 4.79 Å². The van der Waals surface area contributed by atoms with Crippen LogP contribution in [0.25, 0.3) is 0 Å². The molecule has 0 bridgehead atoms. The van der Waals surface area contributed by atoms with Crippen molar-refractivity contribution in [1.29, 1.82) is 0 Å². The first-order valence-corrected chi connectivity index (χ1v) is 4.26. The van der Waals surface area contributed by atoms with Gasteiger partial charge in [-0.1, -0.05) is 0 Å². The topological polar surface area (TPSA) is 25.2 Å². The van der Waals surface area contributed by atoms with Gasteiger partial charge >= 0.3 is 0 Å². The lowest BCUT2D eigenvalue weighted by atomic mass is 10.1. The molecule has 0 aromatic carbocycles. The van der Waals surface area contributed by atoms with Crippen LogP contribution in [0.15, 0.2) is 24.5 Å². The van der Waals surface area contributed by atoms with Crippen molar-refractivity contribution >= 4 is 5.78 Å². The Labute approximate surface area is 71.6 Å². The van der Waals surface area contributed by atoms with Crippen LogP contribution in [0.2, 0.25) is 0 Å². The van der Waals surface area contributed by atoms with Crippen molar-refractivity contribution in [2.75, 3.05) is 18.1 Å². The summed E-state index contributed by atoms with van der Waals surface area (Å²) < 4.78 is 2.05. The van der Waals surface area contributed by atoms with E-state index in [1.165, 1.54) is 0 Å². The van der Waals surface area contributed by atoms with E-state index >= 15 is 0 Å². The van der Waals surface area contributed by atoms with Crippen LogP contribution in [0.1, 0.15) is 12.8 Å². The molecule has 0 aliphatic carbocycles. The maximum absolute atomic E-state index is 10.9. The van der Waals surface area contributed by atoms with Crippen molar-refractivity contribution in [3.05, 3.63) is 24.5 Å². The summed E-state index contributed by atoms with van der Waals surface area (Å²) in [5, 5.41) is 2.18. The summed E-state index contributed by atoms with van der Waals surface area (Å²) in [6, 6.07) is 3.99. The molecule has 12 heavy (non-hydrogen) atoms. The standard InChI is InChI=1S/C9H12N2O/c12-9-3-7-11(8-4-9)10-5-1-2-6-10/h1-2,5-6H,3-4,7-8H2. The molecule has 2 rings (SSSR count). The Morgan fingerprint density at radius 2 is 1.67 bits per heavy atom. The number of piperidine rings is 1. The van der Waals surface area contributed by atoms with E-state index in [0.717, 1.165) is 13.1 Å². The molecular formula is C9H12N2O. The SMILES string of the molecule is O=C1CCN(n2cccc2)CC1. The monoisotopic (exact) mass is 164 g/mol. The minimum atomic E-state index is 0.387. The molecule has 2 heterocycles. The highest BCUT2D eigenvalue weighted by Crippen LogP contribution is 2.04. The third kappa shape index (κ3) is 1.35. The van der Waals surface area contributed by atoms with Crippen molar-refractivity contribution in [2.45, 2.75) is 12.8 Å². The fraction of sp³-hybridized carbons (Fsp3) is 0.444. The van der Waals surface area contributed by atoms with E-state index in [1.807, 2.05) is 29.2 Å². The number of hydrogen-bond acceptors (Lipinski definition) is 2. The van der Waals surface area contributed by atoms with Crippen LogP contribution in [-0.4, -0.2) is 23.5 Å². The van der Waals surface area contributed by atoms with E-state index in [4.69, 9.17) is 0 Å². The molecule has 0 saturated carbocycles. The molecule has 0 radical (unpaired) electrons. The Balaban J connectivity index is 2.03. The third-order valence-corrected chi connectivity index (χ3v) is 2.21. The van der Waals surface area contributed by atoms with E-state index < -0.39 is 0 Å². The first-order chi connectivity index (χ1) is 5.86. The summed E-state index contributed by atoms with van der Waals surface area (Å²) in [7, 11) is 0. The molecule has 0 unspecified atom stereocenters. The fourth-order valence-electron chi connectivity index (χ4n) is 1.49. The van der Waals surface area contributed by atoms with Crippen molar-refractivity contribution in [3.8, 4) is 0 Å². The van der Waals surface area contributed by atoms with Crippen LogP contribution in [0.3, 0.4) is 0 Å². The number of ketones is 1. The molecular weight excluding hydrogens is 152 g/mol. The average Bonchev–Trinajstić information content (AvgIpc) is 2.58. The molecule has 1 saturated heterocycles. The molecule has 0 atom stereocenters. The molecule has 0 spiro atoms. The first-order valence-electron chi connectivity index (χ1n) is 4.26. The molecule has 1 aromatic heterocycles. The van der Waals surface area contributed by atoms with Gasteiger partial charge in [-0.2, -0.15) is 0 Å². The molecule has 3 heteroatoms. The Hall–Kier alpha value is -1.25. The summed E-state index contributed by atoms with van der Waals surface area (Å²) in [5.74, 6) is 0.387. The molecule has 3 nitrogen and oxygen atoms in total. The van der Waals surface area contributed by atoms with Gasteiger partial charge in [-0.05, 0) is 12.1 Å². The van der Waals surface area contributed by atoms with E-state index in [1.54, 1.807) is 0 Å². The third-order valence-electron chi connectivity index (χ3n) is 2.21. The van der Waals surface area contributed by atoms with Crippen LogP contribution in [0.4, 0.5) is 0 Å². The summed E-state index contributed by atoms with van der Waals surface area (Å²) in [6.07, 6.45) is 5.40. The summed E-state index contributed by atoms with van der Waals surface area (Å²) in [6.45, 7) is 1.71. The Morgan fingerprint density at radius 1 is 1.08 bits per heavy atom. The van der Waals surface area contributed by atoms with Gasteiger partial charge in [0.1, 0.15) is 5.78 Å². The zero-order valence-electron chi connectivity index (χ0n) is 6.94. The number of aromatic nitrogens is 1. The van der Waals surface area contributed by atoms with E-state index in [9.17, 15) is 4.79 Å². The maximum atomic E-state index is 10.9. The minimum Gasteiger partial charge on any atom is -0.312 e. The molecule has 1 aliphatic heterocycles. The van der Waals surface area contributed by atoms with E-state index in [2.05, 4.69) is 5.01 Å². The smallest absolute Gasteiger partial charge is 0.136 e. The lowest BCUT2D eigenvalue weighted by molar-refractivity contribution is -0.119. The van der Waals surface area contributed by atoms with Gasteiger partial charge in [0.25, 0.3) is 0 Å². The summed E-state index contributed by atoms with van der Waals surface area (Å²) in [4.78, 5) is 10.9. The second kappa shape index (κ2) is 3.01. The summed E-state index contributed by atoms with van der Waals surface area (Å²) >= 11 is 0. The molecule has 1 aromatic rings. The second-order valence-corrected chi connectivity index (χ2v) is 3.06. The second-order valence-electron chi connectivity index (χ2n) is 3.06. The van der Waals surface area contributed by atoms with Gasteiger partial charge in [0.2, 0.25) is 0 Å². The fourth-order valence-corrected chi connectivity index (χ4v) is 1.49. The number of Topliss-reactive ketones (excluding diaryl/α,β-unsaturated/α-hetero) is 1. The highest BCUT2D eigenvalue weighted by atomic mass is 16.1. The van der Waals surface area contributed by atoms with Crippen molar-refractivity contribution < 1.29 is 4.79 Å². The van der Waals surface area contributed by atoms with Gasteiger partial charge in [0, 0.05) is 38.3 Å². The Kier molecular flexibility index (Phi) is 1.86. The van der Waals surface area contributed by atoms with Crippen LogP contribution >= 0.6 is 0 Å². The Bertz CT molecular complexity index is 256. The minimum absolute atomic E-state index is 0.387. The molecule has 64 valence electrons. The van der Waals surface area contributed by atoms with Crippen molar-refractivity contribution in [2.24, 2.45) is 0 Å². The zero-order valence-corrected chi connectivity index (χ0v) is 6.94. The first kappa shape index (κ1) is 7.40. The molecule has 0 amide bonds. The van der Waals surface area contributed by atoms with Gasteiger partial charge in [0.05, 0.1) is 0 Å². The largest absolute Gasteiger partial charge is 0.312 e. The number of carbonyl (C=O) groups excluding carboxylic acids is 1. The van der Waals surface area contributed by atoms with E-state index in [-0.39, 0.29) is 0 Å². The predicted molar refractivity (Wildman–Crippen MR) is 46.6 cm³/mol. The summed E-state index contributed by atoms with van der Waals surface area (Å²) in [5.41, 5.74) is 0. The molecule has 0 N–H and O–H groups in total. The molecule has 1 aliphatic rings. The maximum Gasteiger partial charge on any atom is 0.136 e. The number of rotatable bonds is 1. The van der Waals surface area contributed by atoms with Crippen LogP contribution in [0.5, 0.6) is 0 Å². The molecule has 1 fully saturated rings. The van der Waals surface area contributed by atoms with Crippen LogP contribution < -0.4 is 5.01 Å². The normalized spacial score (nSPS) is 18.3. The quantitative estimate of drug-likeness (QED) is 0.613. The highest BCUT2D eigenvalue weighted by Gasteiger charge is 2.14. The Morgan fingerprint density at radius 3 is 2.25 bits per heavy atom. The van der Waals surface area contributed by atoms with Gasteiger partial charge in [-0.15, -0.1) is 0 Å². The van der Waals surface area contributed by atoms with Gasteiger partial charge < -0.3 is 5.01 Å². The van der Waals surface area contributed by atoms with Crippen molar-refractivity contribution in [1.82, 2.24) is 4.68 Å². The van der Waals surface area contributed by atoms with E-state index in [0.29, 0.717) is 18.6 Å². The van der Waals surface area contributed by atoms with Crippen molar-refractivity contribution in [3.63, 3.8) is 0 Å². The zero-order chi connectivity index (χ0) is 8.39. The number of carbonyl (C=O) groups is 1. The predicted octanol–water partition coefficient (Wildman–Crippen LogP) is 0.789. The highest BCUT2D eigenvalue weighted by molar-refractivity contribution is 5.80. The number of hydrogen-bond donors (Lipinski definition) is 0. The number of nitrogens with zero attached hydrogens (tertiary/aromatic N) is 2. The lowest BCUT2D eigenvalue weighted by Crippen LogP contribution is -2.40. The van der Waals surface area contributed by atoms with Gasteiger partial charge in [0.15, 0.2) is 0 Å².